The standard InChI is InChI=1S/C30H38O6/c31-25-7-24(16-35-27(32)14-29-8-18-1-19(9-29)3-20(2-18)10-29)34-17-26(25)36-28(33)15-30-11-21-4-22(12-30)6-23(5-21)13-30/h7,17-23H,1-6,8-16H2. The van der Waals surface area contributed by atoms with Gasteiger partial charge in [0.05, 0.1) is 12.8 Å². The van der Waals surface area contributed by atoms with E-state index in [1.54, 1.807) is 0 Å². The molecule has 0 unspecified atom stereocenters. The van der Waals surface area contributed by atoms with E-state index in [4.69, 9.17) is 13.9 Å². The maximum absolute atomic E-state index is 12.8. The van der Waals surface area contributed by atoms with E-state index in [0.717, 1.165) is 74.0 Å². The molecule has 1 aromatic rings. The molecule has 6 heteroatoms. The zero-order valence-corrected chi connectivity index (χ0v) is 21.2. The van der Waals surface area contributed by atoms with E-state index in [9.17, 15) is 14.4 Å². The van der Waals surface area contributed by atoms with Crippen molar-refractivity contribution in [3.05, 3.63) is 28.3 Å². The second-order valence-electron chi connectivity index (χ2n) is 13.9. The van der Waals surface area contributed by atoms with Crippen LogP contribution in [-0.4, -0.2) is 11.9 Å². The first-order chi connectivity index (χ1) is 17.3. The van der Waals surface area contributed by atoms with Crippen LogP contribution in [0.15, 0.2) is 21.5 Å². The van der Waals surface area contributed by atoms with Crippen LogP contribution in [0, 0.1) is 46.3 Å². The van der Waals surface area contributed by atoms with Crippen molar-refractivity contribution < 1.29 is 23.5 Å². The van der Waals surface area contributed by atoms with Gasteiger partial charge in [-0.15, -0.1) is 0 Å². The zero-order chi connectivity index (χ0) is 24.5. The second-order valence-corrected chi connectivity index (χ2v) is 13.9. The van der Waals surface area contributed by atoms with E-state index in [1.807, 2.05) is 0 Å². The van der Waals surface area contributed by atoms with Gasteiger partial charge in [-0.05, 0) is 123 Å². The van der Waals surface area contributed by atoms with Crippen LogP contribution >= 0.6 is 0 Å². The minimum absolute atomic E-state index is 0.0663. The SMILES string of the molecule is O=C(CC12CC3CC(CC(C3)C1)C2)OCc1cc(=O)c(OC(=O)CC23CC4CC(CC(C4)C2)C3)co1. The van der Waals surface area contributed by atoms with Gasteiger partial charge in [-0.2, -0.15) is 0 Å². The minimum atomic E-state index is -0.410. The number of carbonyl (C=O) groups is 2. The van der Waals surface area contributed by atoms with Crippen LogP contribution in [-0.2, 0) is 20.9 Å². The quantitative estimate of drug-likeness (QED) is 0.446. The average molecular weight is 495 g/mol. The fraction of sp³-hybridized carbons (Fsp3) is 0.767. The molecule has 0 saturated heterocycles. The Kier molecular flexibility index (Phi) is 5.41. The number of hydrogen-bond donors (Lipinski definition) is 0. The monoisotopic (exact) mass is 494 g/mol. The highest BCUT2D eigenvalue weighted by Gasteiger charge is 2.53. The lowest BCUT2D eigenvalue weighted by Crippen LogP contribution is -2.47. The van der Waals surface area contributed by atoms with Crippen molar-refractivity contribution in [3.63, 3.8) is 0 Å². The Hall–Kier alpha value is -2.11. The smallest absolute Gasteiger partial charge is 0.311 e. The first-order valence-electron chi connectivity index (χ1n) is 14.3. The summed E-state index contributed by atoms with van der Waals surface area (Å²) >= 11 is 0. The molecular weight excluding hydrogens is 456 g/mol. The zero-order valence-electron chi connectivity index (χ0n) is 21.2. The van der Waals surface area contributed by atoms with Crippen LogP contribution in [0.3, 0.4) is 0 Å². The number of carbonyl (C=O) groups excluding carboxylic acids is 2. The van der Waals surface area contributed by atoms with Crippen molar-refractivity contribution >= 4 is 11.9 Å². The highest BCUT2D eigenvalue weighted by molar-refractivity contribution is 5.73. The van der Waals surface area contributed by atoms with Crippen molar-refractivity contribution in [2.75, 3.05) is 0 Å². The summed E-state index contributed by atoms with van der Waals surface area (Å²) in [6.07, 6.45) is 16.9. The third kappa shape index (κ3) is 4.32. The third-order valence-corrected chi connectivity index (χ3v) is 10.8. The molecule has 0 spiro atoms. The lowest BCUT2D eigenvalue weighted by atomic mass is 9.49. The van der Waals surface area contributed by atoms with Crippen LogP contribution in [0.4, 0.5) is 0 Å². The van der Waals surface area contributed by atoms with Crippen LogP contribution in [0.25, 0.3) is 0 Å². The largest absolute Gasteiger partial charge is 0.462 e. The molecule has 8 saturated carbocycles. The van der Waals surface area contributed by atoms with Crippen LogP contribution in [0.2, 0.25) is 0 Å². The van der Waals surface area contributed by atoms with E-state index < -0.39 is 5.43 Å². The molecule has 194 valence electrons. The molecule has 6 nitrogen and oxygen atoms in total. The van der Waals surface area contributed by atoms with E-state index in [2.05, 4.69) is 0 Å². The Morgan fingerprint density at radius 1 is 0.750 bits per heavy atom. The number of esters is 2. The Morgan fingerprint density at radius 2 is 1.19 bits per heavy atom. The summed E-state index contributed by atoms with van der Waals surface area (Å²) in [7, 11) is 0. The van der Waals surface area contributed by atoms with Gasteiger partial charge in [0.15, 0.2) is 0 Å². The Labute approximate surface area is 212 Å². The molecule has 8 aliphatic carbocycles. The van der Waals surface area contributed by atoms with Crippen molar-refractivity contribution in [3.8, 4) is 5.75 Å². The van der Waals surface area contributed by atoms with Gasteiger partial charge < -0.3 is 13.9 Å². The fourth-order valence-corrected chi connectivity index (χ4v) is 10.6. The topological polar surface area (TPSA) is 82.8 Å². The maximum atomic E-state index is 12.8. The lowest BCUT2D eigenvalue weighted by Gasteiger charge is -2.56. The molecule has 9 rings (SSSR count). The van der Waals surface area contributed by atoms with E-state index in [-0.39, 0.29) is 40.9 Å². The Morgan fingerprint density at radius 3 is 1.64 bits per heavy atom. The normalized spacial score (nSPS) is 41.4. The average Bonchev–Trinajstić information content (AvgIpc) is 2.77. The highest BCUT2D eigenvalue weighted by atomic mass is 16.6. The van der Waals surface area contributed by atoms with E-state index >= 15 is 0 Å². The molecule has 36 heavy (non-hydrogen) atoms. The van der Waals surface area contributed by atoms with Gasteiger partial charge in [0.2, 0.25) is 11.2 Å². The van der Waals surface area contributed by atoms with Crippen molar-refractivity contribution in [2.24, 2.45) is 46.3 Å². The van der Waals surface area contributed by atoms with Crippen LogP contribution in [0.5, 0.6) is 5.75 Å². The van der Waals surface area contributed by atoms with Gasteiger partial charge in [-0.1, -0.05) is 0 Å². The van der Waals surface area contributed by atoms with Gasteiger partial charge in [-0.3, -0.25) is 14.4 Å². The summed E-state index contributed by atoms with van der Waals surface area (Å²) < 4.78 is 16.5. The molecular formula is C30H38O6. The molecule has 1 aromatic heterocycles. The molecule has 0 atom stereocenters. The predicted molar refractivity (Wildman–Crippen MR) is 131 cm³/mol. The molecule has 0 radical (unpaired) electrons. The van der Waals surface area contributed by atoms with Crippen LogP contribution in [0.1, 0.15) is 95.7 Å². The molecule has 8 fully saturated rings. The predicted octanol–water partition coefficient (Wildman–Crippen LogP) is 5.80. The minimum Gasteiger partial charge on any atom is -0.462 e. The molecule has 1 heterocycles. The van der Waals surface area contributed by atoms with Gasteiger partial charge in [0.25, 0.3) is 0 Å². The van der Waals surface area contributed by atoms with E-state index in [1.165, 1.54) is 50.9 Å². The number of rotatable bonds is 7. The molecule has 8 bridgehead atoms. The van der Waals surface area contributed by atoms with Crippen molar-refractivity contribution in [2.45, 2.75) is 96.5 Å². The first-order valence-corrected chi connectivity index (χ1v) is 14.3. The Balaban J connectivity index is 0.928. The molecule has 0 amide bonds. The summed E-state index contributed by atoms with van der Waals surface area (Å²) in [4.78, 5) is 38.1. The fourth-order valence-electron chi connectivity index (χ4n) is 10.6. The first kappa shape index (κ1) is 23.0. The maximum Gasteiger partial charge on any atom is 0.311 e. The Bertz CT molecular complexity index is 1040. The molecule has 0 N–H and O–H groups in total. The summed E-state index contributed by atoms with van der Waals surface area (Å²) in [5, 5.41) is 0. The molecule has 8 aliphatic rings. The highest BCUT2D eigenvalue weighted by Crippen LogP contribution is 2.62. The van der Waals surface area contributed by atoms with Crippen LogP contribution < -0.4 is 10.2 Å². The number of hydrogen-bond acceptors (Lipinski definition) is 6. The third-order valence-electron chi connectivity index (χ3n) is 10.8. The van der Waals surface area contributed by atoms with Crippen molar-refractivity contribution in [1.29, 1.82) is 0 Å². The second kappa shape index (κ2) is 8.46. The van der Waals surface area contributed by atoms with Gasteiger partial charge in [-0.25, -0.2) is 0 Å². The summed E-state index contributed by atoms with van der Waals surface area (Å²) in [5.41, 5.74) is -0.217. The van der Waals surface area contributed by atoms with Crippen molar-refractivity contribution in [1.82, 2.24) is 0 Å². The molecule has 0 aromatic carbocycles. The van der Waals surface area contributed by atoms with Gasteiger partial charge in [0.1, 0.15) is 18.6 Å². The number of ether oxygens (including phenoxy) is 2. The summed E-state index contributed by atoms with van der Waals surface area (Å²) in [5.74, 6) is 4.33. The van der Waals surface area contributed by atoms with E-state index in [0.29, 0.717) is 12.8 Å². The lowest BCUT2D eigenvalue weighted by molar-refractivity contribution is -0.153. The van der Waals surface area contributed by atoms with Gasteiger partial charge in [0, 0.05) is 6.07 Å². The summed E-state index contributed by atoms with van der Waals surface area (Å²) in [6.45, 7) is -0.0675. The van der Waals surface area contributed by atoms with Gasteiger partial charge >= 0.3 is 11.9 Å². The molecule has 0 aliphatic heterocycles. The summed E-state index contributed by atoms with van der Waals surface area (Å²) in [6, 6.07) is 1.28.